The van der Waals surface area contributed by atoms with E-state index in [1.54, 1.807) is 23.1 Å². The molecule has 6 rings (SSSR count). The third-order valence-electron chi connectivity index (χ3n) is 7.87. The molecule has 1 atom stereocenters. The number of amides is 4. The van der Waals surface area contributed by atoms with Crippen molar-refractivity contribution in [1.29, 1.82) is 0 Å². The first kappa shape index (κ1) is 23.2. The second kappa shape index (κ2) is 8.69. The smallest absolute Gasteiger partial charge is 0.266 e. The standard InChI is InChI=1S/C30H27N3O4/c1-17-7-8-18(2)25(15-17)33-29(36)21-10-9-20(16-23(21)30(33)37)28(35)32-13-11-19(12-14-32)26-22-5-3-4-6-24(22)31-27(26)34/h3-10,15-16,19,26H,11-14H2,1-2H3,(H,31,34). The lowest BCUT2D eigenvalue weighted by Gasteiger charge is -2.34. The summed E-state index contributed by atoms with van der Waals surface area (Å²) in [4.78, 5) is 55.4. The van der Waals surface area contributed by atoms with Gasteiger partial charge in [-0.1, -0.05) is 30.3 Å². The highest BCUT2D eigenvalue weighted by Gasteiger charge is 2.40. The molecule has 7 nitrogen and oxygen atoms in total. The lowest BCUT2D eigenvalue weighted by Crippen LogP contribution is -2.40. The molecular weight excluding hydrogens is 466 g/mol. The maximum atomic E-state index is 13.4. The van der Waals surface area contributed by atoms with Crippen LogP contribution in [0.25, 0.3) is 0 Å². The molecule has 4 amide bonds. The van der Waals surface area contributed by atoms with Crippen LogP contribution >= 0.6 is 0 Å². The summed E-state index contributed by atoms with van der Waals surface area (Å²) in [7, 11) is 0. The molecule has 186 valence electrons. The predicted molar refractivity (Wildman–Crippen MR) is 140 cm³/mol. The molecule has 0 spiro atoms. The Bertz CT molecular complexity index is 1490. The van der Waals surface area contributed by atoms with E-state index < -0.39 is 5.91 Å². The van der Waals surface area contributed by atoms with E-state index in [-0.39, 0.29) is 35.1 Å². The third-order valence-corrected chi connectivity index (χ3v) is 7.87. The fourth-order valence-electron chi connectivity index (χ4n) is 5.87. The van der Waals surface area contributed by atoms with Crippen LogP contribution in [0.5, 0.6) is 0 Å². The molecule has 7 heteroatoms. The largest absolute Gasteiger partial charge is 0.339 e. The van der Waals surface area contributed by atoms with Gasteiger partial charge in [0.2, 0.25) is 5.91 Å². The number of nitrogens with one attached hydrogen (secondary N) is 1. The van der Waals surface area contributed by atoms with Gasteiger partial charge >= 0.3 is 0 Å². The maximum Gasteiger partial charge on any atom is 0.266 e. The molecule has 1 saturated heterocycles. The minimum Gasteiger partial charge on any atom is -0.339 e. The number of hydrogen-bond donors (Lipinski definition) is 1. The van der Waals surface area contributed by atoms with E-state index in [4.69, 9.17) is 0 Å². The molecule has 3 heterocycles. The van der Waals surface area contributed by atoms with Crippen molar-refractivity contribution >= 4 is 35.0 Å². The zero-order chi connectivity index (χ0) is 25.8. The number of imide groups is 1. The molecule has 0 aliphatic carbocycles. The lowest BCUT2D eigenvalue weighted by molar-refractivity contribution is -0.118. The van der Waals surface area contributed by atoms with Gasteiger partial charge in [0.15, 0.2) is 0 Å². The van der Waals surface area contributed by atoms with Crippen molar-refractivity contribution in [2.75, 3.05) is 23.3 Å². The number of para-hydroxylation sites is 1. The Balaban J connectivity index is 1.19. The van der Waals surface area contributed by atoms with Crippen molar-refractivity contribution in [3.05, 3.63) is 94.0 Å². The highest BCUT2D eigenvalue weighted by atomic mass is 16.2. The highest BCUT2D eigenvalue weighted by molar-refractivity contribution is 6.35. The van der Waals surface area contributed by atoms with Crippen molar-refractivity contribution in [1.82, 2.24) is 4.90 Å². The van der Waals surface area contributed by atoms with Gasteiger partial charge in [0, 0.05) is 24.3 Å². The van der Waals surface area contributed by atoms with E-state index in [9.17, 15) is 19.2 Å². The minimum absolute atomic E-state index is 0.0289. The van der Waals surface area contributed by atoms with Crippen molar-refractivity contribution < 1.29 is 19.2 Å². The van der Waals surface area contributed by atoms with E-state index in [1.165, 1.54) is 4.90 Å². The van der Waals surface area contributed by atoms with E-state index >= 15 is 0 Å². The fourth-order valence-corrected chi connectivity index (χ4v) is 5.87. The minimum atomic E-state index is -0.409. The first-order chi connectivity index (χ1) is 17.8. The molecule has 37 heavy (non-hydrogen) atoms. The van der Waals surface area contributed by atoms with Crippen molar-refractivity contribution in [3.63, 3.8) is 0 Å². The van der Waals surface area contributed by atoms with Gasteiger partial charge in [-0.25, -0.2) is 4.90 Å². The van der Waals surface area contributed by atoms with Gasteiger partial charge < -0.3 is 10.2 Å². The number of nitrogens with zero attached hydrogens (tertiary/aromatic N) is 2. The normalized spacial score (nSPS) is 19.2. The Hall–Kier alpha value is -4.26. The van der Waals surface area contributed by atoms with Crippen LogP contribution in [-0.2, 0) is 4.79 Å². The second-order valence-corrected chi connectivity index (χ2v) is 10.2. The highest BCUT2D eigenvalue weighted by Crippen LogP contribution is 2.41. The predicted octanol–water partition coefficient (Wildman–Crippen LogP) is 4.69. The summed E-state index contributed by atoms with van der Waals surface area (Å²) in [6, 6.07) is 18.2. The molecule has 0 bridgehead atoms. The van der Waals surface area contributed by atoms with Crippen LogP contribution in [-0.4, -0.2) is 41.6 Å². The Morgan fingerprint density at radius 3 is 2.38 bits per heavy atom. The quantitative estimate of drug-likeness (QED) is 0.536. The number of fused-ring (bicyclic) bond motifs is 2. The molecule has 1 unspecified atom stereocenters. The topological polar surface area (TPSA) is 86.8 Å². The number of rotatable bonds is 3. The summed E-state index contributed by atoms with van der Waals surface area (Å²) in [5, 5.41) is 2.98. The van der Waals surface area contributed by atoms with Crippen molar-refractivity contribution in [3.8, 4) is 0 Å². The number of likely N-dealkylation sites (tertiary alicyclic amines) is 1. The SMILES string of the molecule is Cc1ccc(C)c(N2C(=O)c3ccc(C(=O)N4CCC(C5C(=O)Nc6ccccc65)CC4)cc3C2=O)c1. The van der Waals surface area contributed by atoms with Crippen LogP contribution in [0.3, 0.4) is 0 Å². The first-order valence-electron chi connectivity index (χ1n) is 12.6. The Kier molecular flexibility index (Phi) is 5.44. The number of hydrogen-bond acceptors (Lipinski definition) is 4. The number of carbonyl (C=O) groups is 4. The fraction of sp³-hybridized carbons (Fsp3) is 0.267. The molecule has 3 aliphatic heterocycles. The van der Waals surface area contributed by atoms with Gasteiger partial charge in [-0.05, 0) is 79.6 Å². The summed E-state index contributed by atoms with van der Waals surface area (Å²) in [6.07, 6.45) is 1.45. The summed E-state index contributed by atoms with van der Waals surface area (Å²) < 4.78 is 0. The summed E-state index contributed by atoms with van der Waals surface area (Å²) in [6.45, 7) is 4.85. The monoisotopic (exact) mass is 493 g/mol. The van der Waals surface area contributed by atoms with E-state index in [0.717, 1.165) is 35.2 Å². The molecule has 3 aromatic rings. The van der Waals surface area contributed by atoms with E-state index in [0.29, 0.717) is 29.9 Å². The summed E-state index contributed by atoms with van der Waals surface area (Å²) >= 11 is 0. The van der Waals surface area contributed by atoms with Gasteiger partial charge in [-0.2, -0.15) is 0 Å². The number of piperidine rings is 1. The Morgan fingerprint density at radius 1 is 0.865 bits per heavy atom. The molecule has 1 N–H and O–H groups in total. The molecule has 1 fully saturated rings. The maximum absolute atomic E-state index is 13.4. The number of anilines is 2. The van der Waals surface area contributed by atoms with Crippen molar-refractivity contribution in [2.24, 2.45) is 5.92 Å². The van der Waals surface area contributed by atoms with Gasteiger partial charge in [-0.15, -0.1) is 0 Å². The van der Waals surface area contributed by atoms with Crippen LogP contribution in [0, 0.1) is 19.8 Å². The molecule has 0 radical (unpaired) electrons. The van der Waals surface area contributed by atoms with Crippen molar-refractivity contribution in [2.45, 2.75) is 32.6 Å². The number of carbonyl (C=O) groups excluding carboxylic acids is 4. The Labute approximate surface area is 215 Å². The van der Waals surface area contributed by atoms with E-state index in [1.807, 2.05) is 56.3 Å². The molecule has 3 aromatic carbocycles. The lowest BCUT2D eigenvalue weighted by atomic mass is 9.80. The molecular formula is C30H27N3O4. The van der Waals surface area contributed by atoms with Crippen LogP contribution in [0.1, 0.15) is 66.5 Å². The third kappa shape index (κ3) is 3.73. The average Bonchev–Trinajstić information content (AvgIpc) is 3.37. The molecule has 3 aliphatic rings. The summed E-state index contributed by atoms with van der Waals surface area (Å²) in [5.74, 6) is -0.938. The van der Waals surface area contributed by atoms with Crippen LogP contribution < -0.4 is 10.2 Å². The van der Waals surface area contributed by atoms with Crippen LogP contribution in [0.2, 0.25) is 0 Å². The number of benzene rings is 3. The van der Waals surface area contributed by atoms with E-state index in [2.05, 4.69) is 5.32 Å². The van der Waals surface area contributed by atoms with Gasteiger partial charge in [0.1, 0.15) is 0 Å². The average molecular weight is 494 g/mol. The van der Waals surface area contributed by atoms with Gasteiger partial charge in [-0.3, -0.25) is 19.2 Å². The summed E-state index contributed by atoms with van der Waals surface area (Å²) in [5.41, 5.74) is 5.23. The second-order valence-electron chi connectivity index (χ2n) is 10.2. The molecule has 0 aromatic heterocycles. The molecule has 0 saturated carbocycles. The zero-order valence-electron chi connectivity index (χ0n) is 20.8. The Morgan fingerprint density at radius 2 is 1.59 bits per heavy atom. The first-order valence-corrected chi connectivity index (χ1v) is 12.6. The zero-order valence-corrected chi connectivity index (χ0v) is 20.8. The van der Waals surface area contributed by atoms with Gasteiger partial charge in [0.05, 0.1) is 22.7 Å². The van der Waals surface area contributed by atoms with Crippen LogP contribution in [0.4, 0.5) is 11.4 Å². The van der Waals surface area contributed by atoms with Gasteiger partial charge in [0.25, 0.3) is 17.7 Å². The number of aryl methyl sites for hydroxylation is 2. The van der Waals surface area contributed by atoms with Crippen LogP contribution in [0.15, 0.2) is 60.7 Å².